The monoisotopic (exact) mass is 215 g/mol. The Hall–Kier alpha value is -0.810. The number of rotatable bonds is 2. The van der Waals surface area contributed by atoms with Crippen molar-refractivity contribution >= 4 is 6.03 Å². The lowest BCUT2D eigenvalue weighted by atomic mass is 10.0. The second kappa shape index (κ2) is 4.81. The molecule has 0 spiro atoms. The Balaban J connectivity index is 2.64. The summed E-state index contributed by atoms with van der Waals surface area (Å²) in [6.07, 6.45) is 0. The SMILES string of the molecule is CN(CCN)C(=O)N1CCOCC1(C)C. The Bertz CT molecular complexity index is 231. The molecule has 0 aromatic carbocycles. The van der Waals surface area contributed by atoms with E-state index in [1.165, 1.54) is 0 Å². The molecule has 2 amide bonds. The summed E-state index contributed by atoms with van der Waals surface area (Å²) in [5.41, 5.74) is 5.20. The van der Waals surface area contributed by atoms with Gasteiger partial charge in [0, 0.05) is 26.7 Å². The molecule has 1 saturated heterocycles. The van der Waals surface area contributed by atoms with Crippen LogP contribution in [0.1, 0.15) is 13.8 Å². The third kappa shape index (κ3) is 2.82. The molecule has 1 rings (SSSR count). The number of carbonyl (C=O) groups excluding carboxylic acids is 1. The van der Waals surface area contributed by atoms with Crippen LogP contribution in [0, 0.1) is 0 Å². The van der Waals surface area contributed by atoms with Crippen molar-refractivity contribution in [2.45, 2.75) is 19.4 Å². The Morgan fingerprint density at radius 3 is 2.80 bits per heavy atom. The van der Waals surface area contributed by atoms with Crippen LogP contribution in [-0.4, -0.2) is 61.3 Å². The molecular formula is C10H21N3O2. The zero-order chi connectivity index (χ0) is 11.5. The standard InChI is InChI=1S/C10H21N3O2/c1-10(2)8-15-7-6-13(10)9(14)12(3)5-4-11/h4-8,11H2,1-3H3. The fourth-order valence-corrected chi connectivity index (χ4v) is 1.71. The maximum absolute atomic E-state index is 12.0. The van der Waals surface area contributed by atoms with Crippen LogP contribution in [0.25, 0.3) is 0 Å². The highest BCUT2D eigenvalue weighted by Gasteiger charge is 2.35. The van der Waals surface area contributed by atoms with E-state index in [4.69, 9.17) is 10.5 Å². The van der Waals surface area contributed by atoms with Gasteiger partial charge >= 0.3 is 6.03 Å². The van der Waals surface area contributed by atoms with Gasteiger partial charge in [0.1, 0.15) is 0 Å². The van der Waals surface area contributed by atoms with Gasteiger partial charge in [0.2, 0.25) is 0 Å². The molecule has 0 saturated carbocycles. The van der Waals surface area contributed by atoms with Crippen LogP contribution < -0.4 is 5.73 Å². The summed E-state index contributed by atoms with van der Waals surface area (Å²) in [7, 11) is 1.78. The molecule has 15 heavy (non-hydrogen) atoms. The van der Waals surface area contributed by atoms with Crippen LogP contribution in [0.3, 0.4) is 0 Å². The predicted octanol–water partition coefficient (Wildman–Crippen LogP) is 0.108. The zero-order valence-electron chi connectivity index (χ0n) is 9.82. The zero-order valence-corrected chi connectivity index (χ0v) is 9.82. The molecule has 0 radical (unpaired) electrons. The van der Waals surface area contributed by atoms with E-state index in [2.05, 4.69) is 0 Å². The van der Waals surface area contributed by atoms with E-state index in [1.807, 2.05) is 18.7 Å². The Morgan fingerprint density at radius 2 is 2.27 bits per heavy atom. The number of ether oxygens (including phenoxy) is 1. The van der Waals surface area contributed by atoms with Crippen molar-refractivity contribution in [1.82, 2.24) is 9.80 Å². The number of amides is 2. The first-order chi connectivity index (χ1) is 6.99. The van der Waals surface area contributed by atoms with Gasteiger partial charge in [-0.15, -0.1) is 0 Å². The van der Waals surface area contributed by atoms with Gasteiger partial charge in [0.15, 0.2) is 0 Å². The normalized spacial score (nSPS) is 20.1. The van der Waals surface area contributed by atoms with Crippen molar-refractivity contribution < 1.29 is 9.53 Å². The number of urea groups is 1. The third-order valence-corrected chi connectivity index (χ3v) is 2.67. The Labute approximate surface area is 91.2 Å². The van der Waals surface area contributed by atoms with Crippen LogP contribution in [0.15, 0.2) is 0 Å². The maximum atomic E-state index is 12.0. The minimum atomic E-state index is -0.224. The van der Waals surface area contributed by atoms with Gasteiger partial charge in [-0.1, -0.05) is 0 Å². The summed E-state index contributed by atoms with van der Waals surface area (Å²) in [6.45, 7) is 6.97. The first-order valence-electron chi connectivity index (χ1n) is 5.29. The van der Waals surface area contributed by atoms with E-state index in [-0.39, 0.29) is 11.6 Å². The second-order valence-corrected chi connectivity index (χ2v) is 4.51. The average molecular weight is 215 g/mol. The van der Waals surface area contributed by atoms with Gasteiger partial charge in [-0.05, 0) is 13.8 Å². The molecular weight excluding hydrogens is 194 g/mol. The van der Waals surface area contributed by atoms with Crippen molar-refractivity contribution in [2.24, 2.45) is 5.73 Å². The Morgan fingerprint density at radius 1 is 1.60 bits per heavy atom. The molecule has 0 bridgehead atoms. The lowest BCUT2D eigenvalue weighted by molar-refractivity contribution is -0.0337. The van der Waals surface area contributed by atoms with Gasteiger partial charge in [-0.2, -0.15) is 0 Å². The number of morpholine rings is 1. The molecule has 2 N–H and O–H groups in total. The molecule has 0 aromatic rings. The highest BCUT2D eigenvalue weighted by Crippen LogP contribution is 2.20. The molecule has 5 nitrogen and oxygen atoms in total. The fourth-order valence-electron chi connectivity index (χ4n) is 1.71. The molecule has 0 aliphatic carbocycles. The van der Waals surface area contributed by atoms with Crippen molar-refractivity contribution in [3.8, 4) is 0 Å². The molecule has 1 aliphatic heterocycles. The van der Waals surface area contributed by atoms with Gasteiger partial charge < -0.3 is 20.3 Å². The van der Waals surface area contributed by atoms with Crippen molar-refractivity contribution in [3.05, 3.63) is 0 Å². The van der Waals surface area contributed by atoms with Crippen molar-refractivity contribution in [3.63, 3.8) is 0 Å². The lowest BCUT2D eigenvalue weighted by Gasteiger charge is -2.43. The van der Waals surface area contributed by atoms with Crippen LogP contribution in [0.2, 0.25) is 0 Å². The van der Waals surface area contributed by atoms with E-state index in [9.17, 15) is 4.79 Å². The fraction of sp³-hybridized carbons (Fsp3) is 0.900. The molecule has 0 unspecified atom stereocenters. The minimum Gasteiger partial charge on any atom is -0.377 e. The largest absolute Gasteiger partial charge is 0.377 e. The number of nitrogens with two attached hydrogens (primary N) is 1. The number of carbonyl (C=O) groups is 1. The van der Waals surface area contributed by atoms with Crippen LogP contribution in [0.4, 0.5) is 4.79 Å². The van der Waals surface area contributed by atoms with Gasteiger partial charge in [-0.3, -0.25) is 0 Å². The summed E-state index contributed by atoms with van der Waals surface area (Å²) in [5, 5.41) is 0. The van der Waals surface area contributed by atoms with E-state index < -0.39 is 0 Å². The summed E-state index contributed by atoms with van der Waals surface area (Å²) in [4.78, 5) is 15.6. The van der Waals surface area contributed by atoms with Crippen molar-refractivity contribution in [1.29, 1.82) is 0 Å². The predicted molar refractivity (Wildman–Crippen MR) is 58.7 cm³/mol. The average Bonchev–Trinajstić information content (AvgIpc) is 2.16. The van der Waals surface area contributed by atoms with Crippen molar-refractivity contribution in [2.75, 3.05) is 39.9 Å². The summed E-state index contributed by atoms with van der Waals surface area (Å²) >= 11 is 0. The Kier molecular flexibility index (Phi) is 3.93. The van der Waals surface area contributed by atoms with E-state index in [0.717, 1.165) is 0 Å². The van der Waals surface area contributed by atoms with Crippen LogP contribution in [-0.2, 0) is 4.74 Å². The highest BCUT2D eigenvalue weighted by atomic mass is 16.5. The molecule has 0 aromatic heterocycles. The molecule has 5 heteroatoms. The topological polar surface area (TPSA) is 58.8 Å². The number of hydrogen-bond donors (Lipinski definition) is 1. The summed E-state index contributed by atoms with van der Waals surface area (Å²) < 4.78 is 5.37. The second-order valence-electron chi connectivity index (χ2n) is 4.51. The first-order valence-corrected chi connectivity index (χ1v) is 5.29. The van der Waals surface area contributed by atoms with Crippen LogP contribution in [0.5, 0.6) is 0 Å². The number of hydrogen-bond acceptors (Lipinski definition) is 3. The van der Waals surface area contributed by atoms with Gasteiger partial charge in [-0.25, -0.2) is 4.79 Å². The smallest absolute Gasteiger partial charge is 0.320 e. The molecule has 1 aliphatic rings. The van der Waals surface area contributed by atoms with E-state index in [0.29, 0.717) is 32.8 Å². The maximum Gasteiger partial charge on any atom is 0.320 e. The summed E-state index contributed by atoms with van der Waals surface area (Å²) in [6, 6.07) is 0.0359. The highest BCUT2D eigenvalue weighted by molar-refractivity contribution is 5.75. The molecule has 0 atom stereocenters. The lowest BCUT2D eigenvalue weighted by Crippen LogP contribution is -2.58. The molecule has 1 fully saturated rings. The van der Waals surface area contributed by atoms with Crippen LogP contribution >= 0.6 is 0 Å². The number of likely N-dealkylation sites (N-methyl/N-ethyl adjacent to an activating group) is 1. The minimum absolute atomic E-state index is 0.0359. The molecule has 88 valence electrons. The summed E-state index contributed by atoms with van der Waals surface area (Å²) in [5.74, 6) is 0. The van der Waals surface area contributed by atoms with Gasteiger partial charge in [0.05, 0.1) is 18.8 Å². The number of nitrogens with zero attached hydrogens (tertiary/aromatic N) is 2. The quantitative estimate of drug-likeness (QED) is 0.711. The van der Waals surface area contributed by atoms with E-state index in [1.54, 1.807) is 11.9 Å². The molecule has 1 heterocycles. The third-order valence-electron chi connectivity index (χ3n) is 2.67. The first kappa shape index (κ1) is 12.3. The van der Waals surface area contributed by atoms with E-state index >= 15 is 0 Å². The van der Waals surface area contributed by atoms with Gasteiger partial charge in [0.25, 0.3) is 0 Å².